The van der Waals surface area contributed by atoms with Gasteiger partial charge in [0, 0.05) is 43.1 Å². The highest BCUT2D eigenvalue weighted by Crippen LogP contribution is 2.28. The summed E-state index contributed by atoms with van der Waals surface area (Å²) in [6, 6.07) is 13.2. The Bertz CT molecular complexity index is 1360. The number of ether oxygens (including phenoxy) is 2. The zero-order chi connectivity index (χ0) is 25.8. The minimum absolute atomic E-state index is 0.515. The Kier molecular flexibility index (Phi) is 7.26. The molecule has 3 aromatic heterocycles. The summed E-state index contributed by atoms with van der Waals surface area (Å²) >= 11 is 1.47. The molecule has 0 atom stereocenters. The van der Waals surface area contributed by atoms with Crippen molar-refractivity contribution in [2.24, 2.45) is 0 Å². The molecular formula is C26H29N7O3S. The third-order valence-electron chi connectivity index (χ3n) is 5.44. The van der Waals surface area contributed by atoms with Crippen molar-refractivity contribution >= 4 is 44.4 Å². The molecule has 0 spiro atoms. The molecule has 5 rings (SSSR count). The fourth-order valence-corrected chi connectivity index (χ4v) is 4.66. The van der Waals surface area contributed by atoms with Crippen LogP contribution in [0.5, 0.6) is 0 Å². The van der Waals surface area contributed by atoms with Gasteiger partial charge in [-0.2, -0.15) is 0 Å². The number of carbonyl (C=O) groups excluding carboxylic acids is 1. The van der Waals surface area contributed by atoms with Crippen LogP contribution < -0.4 is 10.6 Å². The molecular weight excluding hydrogens is 490 g/mol. The molecule has 37 heavy (non-hydrogen) atoms. The second kappa shape index (κ2) is 10.8. The van der Waals surface area contributed by atoms with E-state index in [1.807, 2.05) is 57.2 Å². The first-order valence-corrected chi connectivity index (χ1v) is 12.9. The molecule has 0 bridgehead atoms. The van der Waals surface area contributed by atoms with E-state index in [9.17, 15) is 4.79 Å². The van der Waals surface area contributed by atoms with Gasteiger partial charge in [-0.05, 0) is 45.0 Å². The van der Waals surface area contributed by atoms with Gasteiger partial charge in [0.15, 0.2) is 11.0 Å². The Labute approximate surface area is 219 Å². The SMILES string of the molecule is CC(C)(C)OC(=O)Nc1cccc(-c2nc(CN3CCOCC3)cc(Nc3nc4cccnc4s3)n2)c1. The number of benzene rings is 1. The molecule has 0 aliphatic carbocycles. The summed E-state index contributed by atoms with van der Waals surface area (Å²) in [6.45, 7) is 9.26. The molecule has 1 fully saturated rings. The summed E-state index contributed by atoms with van der Waals surface area (Å²) in [5.41, 5.74) is 2.49. The van der Waals surface area contributed by atoms with Crippen LogP contribution in [0, 0.1) is 0 Å². The molecule has 1 aromatic carbocycles. The van der Waals surface area contributed by atoms with E-state index in [-0.39, 0.29) is 0 Å². The number of fused-ring (bicyclic) bond motifs is 1. The van der Waals surface area contributed by atoms with E-state index in [0.29, 0.717) is 42.2 Å². The molecule has 1 aliphatic heterocycles. The number of anilines is 3. The normalized spacial score (nSPS) is 14.5. The number of morpholine rings is 1. The van der Waals surface area contributed by atoms with Crippen molar-refractivity contribution in [3.8, 4) is 11.4 Å². The van der Waals surface area contributed by atoms with Crippen molar-refractivity contribution < 1.29 is 14.3 Å². The fourth-order valence-electron chi connectivity index (χ4n) is 3.85. The second-order valence-electron chi connectivity index (χ2n) is 9.64. The van der Waals surface area contributed by atoms with E-state index in [4.69, 9.17) is 19.4 Å². The lowest BCUT2D eigenvalue weighted by Crippen LogP contribution is -2.35. The van der Waals surface area contributed by atoms with Crippen LogP contribution in [0.1, 0.15) is 26.5 Å². The maximum atomic E-state index is 12.3. The van der Waals surface area contributed by atoms with Gasteiger partial charge in [0.25, 0.3) is 0 Å². The van der Waals surface area contributed by atoms with Crippen molar-refractivity contribution in [1.29, 1.82) is 0 Å². The van der Waals surface area contributed by atoms with Crippen LogP contribution in [-0.4, -0.2) is 62.8 Å². The Morgan fingerprint density at radius 3 is 2.73 bits per heavy atom. The maximum absolute atomic E-state index is 12.3. The van der Waals surface area contributed by atoms with Crippen LogP contribution in [0.4, 0.5) is 21.4 Å². The lowest BCUT2D eigenvalue weighted by Gasteiger charge is -2.26. The highest BCUT2D eigenvalue weighted by Gasteiger charge is 2.18. The summed E-state index contributed by atoms with van der Waals surface area (Å²) in [7, 11) is 0. The Balaban J connectivity index is 1.44. The third kappa shape index (κ3) is 6.76. The van der Waals surface area contributed by atoms with Gasteiger partial charge >= 0.3 is 6.09 Å². The first kappa shape index (κ1) is 25.0. The molecule has 1 amide bonds. The summed E-state index contributed by atoms with van der Waals surface area (Å²) < 4.78 is 10.9. The number of hydrogen-bond acceptors (Lipinski definition) is 10. The molecule has 0 unspecified atom stereocenters. The first-order chi connectivity index (χ1) is 17.8. The lowest BCUT2D eigenvalue weighted by molar-refractivity contribution is 0.0336. The Hall–Kier alpha value is -3.67. The number of nitrogens with zero attached hydrogens (tertiary/aromatic N) is 5. The lowest BCUT2D eigenvalue weighted by atomic mass is 10.1. The summed E-state index contributed by atoms with van der Waals surface area (Å²) in [5.74, 6) is 1.18. The van der Waals surface area contributed by atoms with Gasteiger partial charge in [0.05, 0.1) is 18.9 Å². The van der Waals surface area contributed by atoms with Gasteiger partial charge in [-0.15, -0.1) is 0 Å². The minimum atomic E-state index is -0.588. The number of aromatic nitrogens is 4. The molecule has 4 aromatic rings. The molecule has 0 saturated carbocycles. The summed E-state index contributed by atoms with van der Waals surface area (Å²) in [5, 5.41) is 6.83. The van der Waals surface area contributed by atoms with Gasteiger partial charge < -0.3 is 14.8 Å². The fraction of sp³-hybridized carbons (Fsp3) is 0.346. The predicted molar refractivity (Wildman–Crippen MR) is 144 cm³/mol. The van der Waals surface area contributed by atoms with Crippen molar-refractivity contribution in [3.05, 3.63) is 54.4 Å². The van der Waals surface area contributed by atoms with Crippen LogP contribution in [0.15, 0.2) is 48.7 Å². The monoisotopic (exact) mass is 519 g/mol. The molecule has 2 N–H and O–H groups in total. The van der Waals surface area contributed by atoms with Gasteiger partial charge in [0.1, 0.15) is 21.8 Å². The van der Waals surface area contributed by atoms with Crippen molar-refractivity contribution in [3.63, 3.8) is 0 Å². The van der Waals surface area contributed by atoms with E-state index < -0.39 is 11.7 Å². The Morgan fingerprint density at radius 2 is 1.95 bits per heavy atom. The summed E-state index contributed by atoms with van der Waals surface area (Å²) in [4.78, 5) is 34.1. The van der Waals surface area contributed by atoms with Crippen LogP contribution in [0.2, 0.25) is 0 Å². The number of rotatable bonds is 6. The molecule has 0 radical (unpaired) electrons. The molecule has 1 saturated heterocycles. The maximum Gasteiger partial charge on any atom is 0.412 e. The van der Waals surface area contributed by atoms with Crippen molar-refractivity contribution in [2.45, 2.75) is 32.9 Å². The van der Waals surface area contributed by atoms with Crippen LogP contribution in [0.3, 0.4) is 0 Å². The average Bonchev–Trinajstić information content (AvgIpc) is 3.26. The molecule has 10 nitrogen and oxygen atoms in total. The molecule has 192 valence electrons. The van der Waals surface area contributed by atoms with E-state index in [2.05, 4.69) is 25.5 Å². The highest BCUT2D eigenvalue weighted by molar-refractivity contribution is 7.21. The molecule has 4 heterocycles. The van der Waals surface area contributed by atoms with Crippen molar-refractivity contribution in [1.82, 2.24) is 24.8 Å². The van der Waals surface area contributed by atoms with Crippen molar-refractivity contribution in [2.75, 3.05) is 36.9 Å². The standard InChI is InChI=1S/C26H29N7O3S/c1-26(2,3)36-25(34)29-18-7-4-6-17(14-18)22-28-19(16-33-10-12-35-13-11-33)15-21(31-22)32-24-30-20-8-5-9-27-23(20)37-24/h4-9,14-15H,10-13,16H2,1-3H3,(H,29,34)(H,28,30,31,32). The number of nitrogens with one attached hydrogen (secondary N) is 2. The van der Waals surface area contributed by atoms with E-state index in [0.717, 1.165) is 34.7 Å². The number of hydrogen-bond donors (Lipinski definition) is 2. The quantitative estimate of drug-likeness (QED) is 0.360. The Morgan fingerprint density at radius 1 is 1.11 bits per heavy atom. The number of carbonyl (C=O) groups is 1. The molecule has 1 aliphatic rings. The first-order valence-electron chi connectivity index (χ1n) is 12.1. The predicted octanol–water partition coefficient (Wildman–Crippen LogP) is 5.07. The number of pyridine rings is 1. The average molecular weight is 520 g/mol. The van der Waals surface area contributed by atoms with Gasteiger partial charge in [0.2, 0.25) is 0 Å². The zero-order valence-corrected chi connectivity index (χ0v) is 21.8. The topological polar surface area (TPSA) is 114 Å². The van der Waals surface area contributed by atoms with Gasteiger partial charge in [-0.1, -0.05) is 23.5 Å². The zero-order valence-electron chi connectivity index (χ0n) is 21.0. The largest absolute Gasteiger partial charge is 0.444 e. The number of thiazole rings is 1. The molecule has 11 heteroatoms. The third-order valence-corrected chi connectivity index (χ3v) is 6.33. The highest BCUT2D eigenvalue weighted by atomic mass is 32.1. The number of amides is 1. The minimum Gasteiger partial charge on any atom is -0.444 e. The van der Waals surface area contributed by atoms with Gasteiger partial charge in [-0.3, -0.25) is 10.2 Å². The van der Waals surface area contributed by atoms with Crippen LogP contribution in [0.25, 0.3) is 21.7 Å². The second-order valence-corrected chi connectivity index (χ2v) is 10.6. The van der Waals surface area contributed by atoms with E-state index >= 15 is 0 Å². The van der Waals surface area contributed by atoms with Crippen LogP contribution >= 0.6 is 11.3 Å². The smallest absolute Gasteiger partial charge is 0.412 e. The summed E-state index contributed by atoms with van der Waals surface area (Å²) in [6.07, 6.45) is 1.24. The van der Waals surface area contributed by atoms with Gasteiger partial charge in [-0.25, -0.2) is 24.7 Å². The van der Waals surface area contributed by atoms with E-state index in [1.165, 1.54) is 11.3 Å². The van der Waals surface area contributed by atoms with Crippen LogP contribution in [-0.2, 0) is 16.0 Å². The van der Waals surface area contributed by atoms with E-state index in [1.54, 1.807) is 12.3 Å².